The fraction of sp³-hybridized carbons (Fsp3) is 0.212. The van der Waals surface area contributed by atoms with E-state index in [9.17, 15) is 22.4 Å². The SMILES string of the molecule is CCNC(=O)C(Cc1ccccc1)N(Cc1ccccc1F)C(=O)CN(c1cccc(Cl)c1)S(=O)(=O)c1ccc(OC)cc1. The fourth-order valence-corrected chi connectivity index (χ4v) is 6.28. The molecule has 0 saturated carbocycles. The molecule has 0 aliphatic rings. The number of benzene rings is 4. The molecule has 8 nitrogen and oxygen atoms in total. The number of amides is 2. The summed E-state index contributed by atoms with van der Waals surface area (Å²) in [6, 6.07) is 25.8. The van der Waals surface area contributed by atoms with Crippen LogP contribution in [0.15, 0.2) is 108 Å². The molecule has 4 rings (SSSR count). The predicted molar refractivity (Wildman–Crippen MR) is 169 cm³/mol. The molecule has 2 amide bonds. The number of rotatable bonds is 13. The first-order valence-corrected chi connectivity index (χ1v) is 15.7. The number of nitrogens with one attached hydrogen (secondary N) is 1. The van der Waals surface area contributed by atoms with Gasteiger partial charge in [-0.05, 0) is 61.0 Å². The van der Waals surface area contributed by atoms with Crippen LogP contribution in [-0.2, 0) is 32.6 Å². The smallest absolute Gasteiger partial charge is 0.264 e. The second kappa shape index (κ2) is 14.9. The van der Waals surface area contributed by atoms with Crippen molar-refractivity contribution in [1.82, 2.24) is 10.2 Å². The molecule has 230 valence electrons. The van der Waals surface area contributed by atoms with E-state index in [0.717, 1.165) is 9.87 Å². The van der Waals surface area contributed by atoms with E-state index in [-0.39, 0.29) is 34.1 Å². The number of methoxy groups -OCH3 is 1. The van der Waals surface area contributed by atoms with Crippen LogP contribution in [0.1, 0.15) is 18.1 Å². The number of anilines is 1. The summed E-state index contributed by atoms with van der Waals surface area (Å²) in [6.07, 6.45) is 0.120. The van der Waals surface area contributed by atoms with Crippen LogP contribution >= 0.6 is 11.6 Å². The molecule has 0 aromatic heterocycles. The molecule has 0 saturated heterocycles. The van der Waals surface area contributed by atoms with Gasteiger partial charge in [0.1, 0.15) is 24.2 Å². The Labute approximate surface area is 262 Å². The van der Waals surface area contributed by atoms with E-state index in [0.29, 0.717) is 12.3 Å². The molecule has 11 heteroatoms. The number of halogens is 2. The molecule has 0 aliphatic carbocycles. The molecule has 1 atom stereocenters. The highest BCUT2D eigenvalue weighted by Gasteiger charge is 2.35. The Bertz CT molecular complexity index is 1690. The monoisotopic (exact) mass is 637 g/mol. The first-order chi connectivity index (χ1) is 21.1. The van der Waals surface area contributed by atoms with Crippen LogP contribution in [0, 0.1) is 5.82 Å². The molecule has 4 aromatic carbocycles. The number of hydrogen-bond acceptors (Lipinski definition) is 5. The first kappa shape index (κ1) is 32.5. The maximum atomic E-state index is 14.9. The number of carbonyl (C=O) groups is 2. The molecular weight excluding hydrogens is 605 g/mol. The summed E-state index contributed by atoms with van der Waals surface area (Å²) >= 11 is 6.24. The Morgan fingerprint density at radius 2 is 1.61 bits per heavy atom. The van der Waals surface area contributed by atoms with Crippen LogP contribution in [-0.4, -0.2) is 51.4 Å². The Morgan fingerprint density at radius 3 is 2.25 bits per heavy atom. The lowest BCUT2D eigenvalue weighted by molar-refractivity contribution is -0.140. The third kappa shape index (κ3) is 7.94. The molecule has 0 spiro atoms. The van der Waals surface area contributed by atoms with Crippen LogP contribution in [0.25, 0.3) is 0 Å². The summed E-state index contributed by atoms with van der Waals surface area (Å²) < 4.78 is 49.1. The zero-order valence-electron chi connectivity index (χ0n) is 24.3. The molecule has 4 aromatic rings. The van der Waals surface area contributed by atoms with Crippen molar-refractivity contribution in [2.24, 2.45) is 0 Å². The van der Waals surface area contributed by atoms with Gasteiger partial charge in [-0.1, -0.05) is 66.2 Å². The van der Waals surface area contributed by atoms with Gasteiger partial charge >= 0.3 is 0 Å². The van der Waals surface area contributed by atoms with Gasteiger partial charge in [-0.25, -0.2) is 12.8 Å². The molecule has 0 radical (unpaired) electrons. The third-order valence-corrected chi connectivity index (χ3v) is 8.97. The van der Waals surface area contributed by atoms with Crippen LogP contribution < -0.4 is 14.4 Å². The molecule has 44 heavy (non-hydrogen) atoms. The third-order valence-electron chi connectivity index (χ3n) is 6.94. The van der Waals surface area contributed by atoms with Gasteiger partial charge < -0.3 is 15.0 Å². The Hall–Kier alpha value is -4.41. The number of hydrogen-bond donors (Lipinski definition) is 1. The summed E-state index contributed by atoms with van der Waals surface area (Å²) in [5, 5.41) is 3.03. The average Bonchev–Trinajstić information content (AvgIpc) is 3.02. The second-order valence-corrected chi connectivity index (χ2v) is 12.2. The van der Waals surface area contributed by atoms with Crippen LogP contribution in [0.4, 0.5) is 10.1 Å². The minimum atomic E-state index is -4.32. The van der Waals surface area contributed by atoms with Gasteiger partial charge in [0, 0.05) is 30.1 Å². The lowest BCUT2D eigenvalue weighted by Gasteiger charge is -2.34. The maximum absolute atomic E-state index is 14.9. The topological polar surface area (TPSA) is 96.0 Å². The van der Waals surface area contributed by atoms with Gasteiger partial charge in [0.2, 0.25) is 11.8 Å². The van der Waals surface area contributed by atoms with Gasteiger partial charge in [-0.2, -0.15) is 0 Å². The van der Waals surface area contributed by atoms with Gasteiger partial charge in [-0.15, -0.1) is 0 Å². The molecule has 1 unspecified atom stereocenters. The van der Waals surface area contributed by atoms with Gasteiger partial charge in [0.05, 0.1) is 17.7 Å². The Kier molecular flexibility index (Phi) is 11.0. The zero-order valence-corrected chi connectivity index (χ0v) is 25.9. The van der Waals surface area contributed by atoms with Crippen molar-refractivity contribution in [3.63, 3.8) is 0 Å². The van der Waals surface area contributed by atoms with Crippen molar-refractivity contribution in [1.29, 1.82) is 0 Å². The molecule has 0 aliphatic heterocycles. The molecule has 1 N–H and O–H groups in total. The van der Waals surface area contributed by atoms with E-state index in [4.69, 9.17) is 16.3 Å². The lowest BCUT2D eigenvalue weighted by Crippen LogP contribution is -2.53. The number of carbonyl (C=O) groups excluding carboxylic acids is 2. The number of sulfonamides is 1. The lowest BCUT2D eigenvalue weighted by atomic mass is 10.0. The van der Waals surface area contributed by atoms with E-state index >= 15 is 0 Å². The zero-order chi connectivity index (χ0) is 31.7. The standard InChI is InChI=1S/C33H33ClFN3O5S/c1-3-36-33(40)31(20-24-10-5-4-6-11-24)37(22-25-12-7-8-15-30(25)35)32(39)23-38(27-14-9-13-26(34)21-27)44(41,42)29-18-16-28(43-2)17-19-29/h4-19,21,31H,3,20,22-23H2,1-2H3,(H,36,40). The van der Waals surface area contributed by atoms with Crippen molar-refractivity contribution in [2.45, 2.75) is 30.8 Å². The molecular formula is C33H33ClFN3O5S. The summed E-state index contributed by atoms with van der Waals surface area (Å²) in [4.78, 5) is 28.9. The van der Waals surface area contributed by atoms with E-state index < -0.39 is 40.2 Å². The number of likely N-dealkylation sites (N-methyl/N-ethyl adjacent to an activating group) is 1. The van der Waals surface area contributed by atoms with Gasteiger partial charge in [-0.3, -0.25) is 13.9 Å². The Balaban J connectivity index is 1.80. The van der Waals surface area contributed by atoms with E-state index in [1.54, 1.807) is 25.1 Å². The number of nitrogens with zero attached hydrogens (tertiary/aromatic N) is 2. The van der Waals surface area contributed by atoms with Crippen LogP contribution in [0.3, 0.4) is 0 Å². The quantitative estimate of drug-likeness (QED) is 0.210. The van der Waals surface area contributed by atoms with Crippen molar-refractivity contribution in [3.05, 3.63) is 125 Å². The van der Waals surface area contributed by atoms with Crippen molar-refractivity contribution >= 4 is 39.1 Å². The highest BCUT2D eigenvalue weighted by Crippen LogP contribution is 2.28. The minimum Gasteiger partial charge on any atom is -0.497 e. The van der Waals surface area contributed by atoms with Crippen molar-refractivity contribution in [3.8, 4) is 5.75 Å². The molecule has 0 fully saturated rings. The van der Waals surface area contributed by atoms with E-state index in [1.165, 1.54) is 66.6 Å². The highest BCUT2D eigenvalue weighted by molar-refractivity contribution is 7.92. The highest BCUT2D eigenvalue weighted by atomic mass is 35.5. The summed E-state index contributed by atoms with van der Waals surface area (Å²) in [5.41, 5.74) is 1.09. The van der Waals surface area contributed by atoms with Crippen LogP contribution in [0.5, 0.6) is 5.75 Å². The van der Waals surface area contributed by atoms with E-state index in [2.05, 4.69) is 5.32 Å². The molecule has 0 bridgehead atoms. The van der Waals surface area contributed by atoms with Crippen molar-refractivity contribution < 1.29 is 27.1 Å². The van der Waals surface area contributed by atoms with Gasteiger partial charge in [0.25, 0.3) is 10.0 Å². The van der Waals surface area contributed by atoms with Crippen LogP contribution in [0.2, 0.25) is 5.02 Å². The first-order valence-electron chi connectivity index (χ1n) is 13.9. The van der Waals surface area contributed by atoms with E-state index in [1.807, 2.05) is 30.3 Å². The Morgan fingerprint density at radius 1 is 0.932 bits per heavy atom. The maximum Gasteiger partial charge on any atom is 0.264 e. The summed E-state index contributed by atoms with van der Waals surface area (Å²) in [6.45, 7) is 1.09. The molecule has 0 heterocycles. The van der Waals surface area contributed by atoms with Crippen molar-refractivity contribution in [2.75, 3.05) is 24.5 Å². The average molecular weight is 638 g/mol. The number of ether oxygens (including phenoxy) is 1. The predicted octanol–water partition coefficient (Wildman–Crippen LogP) is 5.46. The second-order valence-electron chi connectivity index (χ2n) is 9.88. The minimum absolute atomic E-state index is 0.0868. The normalized spacial score (nSPS) is 11.8. The summed E-state index contributed by atoms with van der Waals surface area (Å²) in [7, 11) is -2.86. The van der Waals surface area contributed by atoms with Gasteiger partial charge in [0.15, 0.2) is 0 Å². The summed E-state index contributed by atoms with van der Waals surface area (Å²) in [5.74, 6) is -1.26. The fourth-order valence-electron chi connectivity index (χ4n) is 4.69. The largest absolute Gasteiger partial charge is 0.497 e.